The number of thiazole rings is 2. The van der Waals surface area contributed by atoms with Crippen LogP contribution in [0.25, 0.3) is 29.4 Å². The lowest BCUT2D eigenvalue weighted by atomic mass is 10.5. The van der Waals surface area contributed by atoms with Crippen molar-refractivity contribution in [2.24, 2.45) is 0 Å². The smallest absolute Gasteiger partial charge is 0.155 e. The van der Waals surface area contributed by atoms with E-state index in [4.69, 9.17) is 4.98 Å². The van der Waals surface area contributed by atoms with Crippen molar-refractivity contribution in [2.75, 3.05) is 0 Å². The lowest BCUT2D eigenvalue weighted by Gasteiger charge is -1.87. The average molecular weight is 385 g/mol. The van der Waals surface area contributed by atoms with E-state index in [1.54, 1.807) is 45.3 Å². The van der Waals surface area contributed by atoms with Crippen molar-refractivity contribution in [3.05, 3.63) is 33.4 Å². The van der Waals surface area contributed by atoms with Gasteiger partial charge < -0.3 is 0 Å². The molecule has 4 rings (SSSR count). The summed E-state index contributed by atoms with van der Waals surface area (Å²) < 4.78 is 1.13. The Balaban J connectivity index is 1.80. The number of nitrogens with zero attached hydrogens (tertiary/aromatic N) is 2. The molecular formula is C12H5BrN2S4. The maximum Gasteiger partial charge on any atom is 0.155 e. The molecule has 0 N–H and O–H groups in total. The fourth-order valence-electron chi connectivity index (χ4n) is 1.68. The molecule has 0 unspecified atom stereocenters. The van der Waals surface area contributed by atoms with Gasteiger partial charge in [-0.25, -0.2) is 9.97 Å². The summed E-state index contributed by atoms with van der Waals surface area (Å²) in [6.07, 6.45) is 0. The van der Waals surface area contributed by atoms with Gasteiger partial charge >= 0.3 is 0 Å². The van der Waals surface area contributed by atoms with Gasteiger partial charge in [0.15, 0.2) is 9.66 Å². The first kappa shape index (κ1) is 12.2. The zero-order valence-electron chi connectivity index (χ0n) is 9.29. The number of aromatic nitrogens is 2. The molecule has 7 heteroatoms. The number of thiophene rings is 2. The van der Waals surface area contributed by atoms with Crippen molar-refractivity contribution in [3.8, 4) is 19.8 Å². The molecule has 4 aromatic rings. The number of rotatable bonds is 2. The van der Waals surface area contributed by atoms with Crippen LogP contribution in [0.2, 0.25) is 0 Å². The van der Waals surface area contributed by atoms with Crippen LogP contribution in [0.1, 0.15) is 0 Å². The van der Waals surface area contributed by atoms with Crippen LogP contribution < -0.4 is 0 Å². The van der Waals surface area contributed by atoms with Crippen molar-refractivity contribution in [2.45, 2.75) is 0 Å². The average Bonchev–Trinajstić information content (AvgIpc) is 3.10. The minimum absolute atomic E-state index is 1.04. The predicted molar refractivity (Wildman–Crippen MR) is 89.6 cm³/mol. The number of hydrogen-bond donors (Lipinski definition) is 0. The van der Waals surface area contributed by atoms with Crippen molar-refractivity contribution in [1.29, 1.82) is 0 Å². The fourth-order valence-corrected chi connectivity index (χ4v) is 5.96. The van der Waals surface area contributed by atoms with Gasteiger partial charge in [-0.05, 0) is 39.5 Å². The topological polar surface area (TPSA) is 25.8 Å². The highest BCUT2D eigenvalue weighted by Gasteiger charge is 2.14. The summed E-state index contributed by atoms with van der Waals surface area (Å²) in [5.74, 6) is 0. The Morgan fingerprint density at radius 2 is 1.58 bits per heavy atom. The van der Waals surface area contributed by atoms with E-state index in [-0.39, 0.29) is 0 Å². The molecule has 0 fully saturated rings. The molecule has 94 valence electrons. The van der Waals surface area contributed by atoms with Crippen LogP contribution in [0, 0.1) is 0 Å². The lowest BCUT2D eigenvalue weighted by Crippen LogP contribution is -1.67. The number of hydrogen-bond acceptors (Lipinski definition) is 6. The third kappa shape index (κ3) is 2.19. The first-order chi connectivity index (χ1) is 9.29. The van der Waals surface area contributed by atoms with Crippen molar-refractivity contribution >= 4 is 70.9 Å². The maximum atomic E-state index is 4.70. The van der Waals surface area contributed by atoms with Crippen molar-refractivity contribution in [3.63, 3.8) is 0 Å². The summed E-state index contributed by atoms with van der Waals surface area (Å²) in [7, 11) is 0. The molecule has 4 aromatic heterocycles. The summed E-state index contributed by atoms with van der Waals surface area (Å²) >= 11 is 10.2. The van der Waals surface area contributed by atoms with Crippen LogP contribution in [0.15, 0.2) is 33.4 Å². The molecule has 0 radical (unpaired) electrons. The van der Waals surface area contributed by atoms with Gasteiger partial charge in [-0.2, -0.15) is 0 Å². The largest absolute Gasteiger partial charge is 0.222 e. The first-order valence-electron chi connectivity index (χ1n) is 5.36. The summed E-state index contributed by atoms with van der Waals surface area (Å²) in [6.45, 7) is 0. The van der Waals surface area contributed by atoms with Gasteiger partial charge in [0.2, 0.25) is 0 Å². The third-order valence-electron chi connectivity index (χ3n) is 2.49. The van der Waals surface area contributed by atoms with Crippen molar-refractivity contribution < 1.29 is 0 Å². The highest BCUT2D eigenvalue weighted by atomic mass is 79.9. The SMILES string of the molecule is Brc1ccc(-c2nc3sc(-c4cccs4)nc3s2)s1. The van der Waals surface area contributed by atoms with Crippen molar-refractivity contribution in [1.82, 2.24) is 9.97 Å². The quantitative estimate of drug-likeness (QED) is 0.425. The molecule has 0 aliphatic heterocycles. The molecule has 0 aromatic carbocycles. The molecule has 0 spiro atoms. The molecule has 0 amide bonds. The van der Waals surface area contributed by atoms with Crippen LogP contribution in [0.5, 0.6) is 0 Å². The molecule has 0 atom stereocenters. The summed E-state index contributed by atoms with van der Waals surface area (Å²) in [5.41, 5.74) is 0. The summed E-state index contributed by atoms with van der Waals surface area (Å²) in [6, 6.07) is 8.30. The molecule has 4 heterocycles. The van der Waals surface area contributed by atoms with E-state index in [1.165, 1.54) is 9.75 Å². The molecular weight excluding hydrogens is 380 g/mol. The number of fused-ring (bicyclic) bond motifs is 1. The van der Waals surface area contributed by atoms with Crippen LogP contribution in [-0.4, -0.2) is 9.97 Å². The van der Waals surface area contributed by atoms with E-state index in [9.17, 15) is 0 Å². The zero-order chi connectivity index (χ0) is 12.8. The molecule has 2 nitrogen and oxygen atoms in total. The van der Waals surface area contributed by atoms with E-state index in [0.717, 1.165) is 23.5 Å². The second-order valence-electron chi connectivity index (χ2n) is 3.73. The third-order valence-corrected chi connectivity index (χ3v) is 7.35. The normalized spacial score (nSPS) is 11.4. The maximum absolute atomic E-state index is 4.70. The molecule has 0 bridgehead atoms. The van der Waals surface area contributed by atoms with Gasteiger partial charge in [-0.1, -0.05) is 28.7 Å². The molecule has 0 aliphatic rings. The molecule has 19 heavy (non-hydrogen) atoms. The fraction of sp³-hybridized carbons (Fsp3) is 0. The molecule has 0 aliphatic carbocycles. The second kappa shape index (κ2) is 4.75. The predicted octanol–water partition coefficient (Wildman–Crippen LogP) is 5.97. The van der Waals surface area contributed by atoms with Crippen LogP contribution in [-0.2, 0) is 0 Å². The van der Waals surface area contributed by atoms with E-state index in [0.29, 0.717) is 0 Å². The Bertz CT molecular complexity index is 809. The van der Waals surface area contributed by atoms with Crippen LogP contribution in [0.4, 0.5) is 0 Å². The Morgan fingerprint density at radius 3 is 2.16 bits per heavy atom. The highest BCUT2D eigenvalue weighted by Crippen LogP contribution is 2.40. The minimum atomic E-state index is 1.04. The Morgan fingerprint density at radius 1 is 0.842 bits per heavy atom. The first-order valence-corrected chi connectivity index (χ1v) is 9.49. The van der Waals surface area contributed by atoms with Crippen LogP contribution >= 0.6 is 61.3 Å². The molecule has 0 saturated carbocycles. The van der Waals surface area contributed by atoms with E-state index < -0.39 is 0 Å². The van der Waals surface area contributed by atoms with Gasteiger partial charge in [0.1, 0.15) is 10.0 Å². The molecule has 0 saturated heterocycles. The Hall–Kier alpha value is -0.600. The Kier molecular flexibility index (Phi) is 3.04. The van der Waals surface area contributed by atoms with Gasteiger partial charge in [0, 0.05) is 0 Å². The zero-order valence-corrected chi connectivity index (χ0v) is 14.1. The lowest BCUT2D eigenvalue weighted by molar-refractivity contribution is 1.51. The standard InChI is InChI=1S/C12H5BrN2S4/c13-8-4-3-7(17-8)10-15-12-11(19-10)14-9(18-12)6-2-1-5-16-6/h1-5H. The van der Waals surface area contributed by atoms with Crippen LogP contribution in [0.3, 0.4) is 0 Å². The highest BCUT2D eigenvalue weighted by molar-refractivity contribution is 9.11. The second-order valence-corrected chi connectivity index (χ2v) is 9.10. The van der Waals surface area contributed by atoms with Gasteiger partial charge in [0.25, 0.3) is 0 Å². The van der Waals surface area contributed by atoms with E-state index in [1.807, 2.05) is 0 Å². The van der Waals surface area contributed by atoms with Gasteiger partial charge in [-0.15, -0.1) is 22.7 Å². The minimum Gasteiger partial charge on any atom is -0.222 e. The Labute approximate surface area is 133 Å². The van der Waals surface area contributed by atoms with Gasteiger partial charge in [0.05, 0.1) is 13.5 Å². The number of halogens is 1. The van der Waals surface area contributed by atoms with E-state index >= 15 is 0 Å². The summed E-state index contributed by atoms with van der Waals surface area (Å²) in [5, 5.41) is 4.21. The van der Waals surface area contributed by atoms with Gasteiger partial charge in [-0.3, -0.25) is 0 Å². The monoisotopic (exact) mass is 384 g/mol. The van der Waals surface area contributed by atoms with E-state index in [2.05, 4.69) is 50.6 Å². The summed E-state index contributed by atoms with van der Waals surface area (Å²) in [4.78, 5) is 13.9.